The Morgan fingerprint density at radius 2 is 1.84 bits per heavy atom. The van der Waals surface area contributed by atoms with Gasteiger partial charge >= 0.3 is 11.8 Å². The lowest BCUT2D eigenvalue weighted by Crippen LogP contribution is -2.32. The van der Waals surface area contributed by atoms with E-state index in [4.69, 9.17) is 21.1 Å². The summed E-state index contributed by atoms with van der Waals surface area (Å²) in [6.45, 7) is 0. The molecule has 0 saturated carbocycles. The monoisotopic (exact) mass is 361 g/mol. The average molecular weight is 362 g/mol. The number of methoxy groups -OCH3 is 2. The summed E-state index contributed by atoms with van der Waals surface area (Å²) in [5.41, 5.74) is 3.08. The molecule has 0 aliphatic heterocycles. The number of hydrazone groups is 1. The van der Waals surface area contributed by atoms with Gasteiger partial charge in [0.1, 0.15) is 11.5 Å². The summed E-state index contributed by atoms with van der Waals surface area (Å²) >= 11 is 5.96. The predicted octanol–water partition coefficient (Wildman–Crippen LogP) is 2.45. The second-order valence-corrected chi connectivity index (χ2v) is 5.15. The van der Waals surface area contributed by atoms with E-state index >= 15 is 0 Å². The van der Waals surface area contributed by atoms with Crippen LogP contribution >= 0.6 is 11.6 Å². The van der Waals surface area contributed by atoms with Crippen molar-refractivity contribution in [2.75, 3.05) is 19.5 Å². The molecule has 0 unspecified atom stereocenters. The second-order valence-electron chi connectivity index (χ2n) is 4.74. The molecule has 0 aliphatic carbocycles. The number of benzene rings is 2. The SMILES string of the molecule is COc1ccc(NC(=O)C(=O)NN=Cc2ccccc2Cl)c(OC)c1. The molecule has 0 aromatic heterocycles. The first-order valence-electron chi connectivity index (χ1n) is 7.16. The quantitative estimate of drug-likeness (QED) is 0.486. The van der Waals surface area contributed by atoms with Gasteiger partial charge in [0.15, 0.2) is 0 Å². The molecule has 25 heavy (non-hydrogen) atoms. The van der Waals surface area contributed by atoms with Gasteiger partial charge in [0, 0.05) is 16.7 Å². The van der Waals surface area contributed by atoms with Crippen LogP contribution in [-0.4, -0.2) is 32.2 Å². The minimum Gasteiger partial charge on any atom is -0.497 e. The molecular weight excluding hydrogens is 346 g/mol. The van der Waals surface area contributed by atoms with Crippen molar-refractivity contribution in [1.82, 2.24) is 5.43 Å². The van der Waals surface area contributed by atoms with E-state index in [1.807, 2.05) is 0 Å². The van der Waals surface area contributed by atoms with Crippen LogP contribution in [0.3, 0.4) is 0 Å². The Hall–Kier alpha value is -3.06. The minimum atomic E-state index is -0.929. The highest BCUT2D eigenvalue weighted by Gasteiger charge is 2.15. The fraction of sp³-hybridized carbons (Fsp3) is 0.118. The Kier molecular flexibility index (Phi) is 6.36. The van der Waals surface area contributed by atoms with Gasteiger partial charge in [-0.05, 0) is 18.2 Å². The average Bonchev–Trinajstić information content (AvgIpc) is 2.63. The van der Waals surface area contributed by atoms with Crippen molar-refractivity contribution < 1.29 is 19.1 Å². The Labute approximate surface area is 149 Å². The molecule has 2 rings (SSSR count). The maximum atomic E-state index is 11.9. The zero-order valence-electron chi connectivity index (χ0n) is 13.6. The van der Waals surface area contributed by atoms with Gasteiger partial charge in [-0.1, -0.05) is 29.8 Å². The highest BCUT2D eigenvalue weighted by atomic mass is 35.5. The fourth-order valence-corrected chi connectivity index (χ4v) is 2.06. The molecule has 7 nitrogen and oxygen atoms in total. The van der Waals surface area contributed by atoms with Crippen LogP contribution < -0.4 is 20.2 Å². The van der Waals surface area contributed by atoms with Crippen molar-refractivity contribution in [3.63, 3.8) is 0 Å². The van der Waals surface area contributed by atoms with Crippen molar-refractivity contribution in [3.05, 3.63) is 53.1 Å². The van der Waals surface area contributed by atoms with Crippen molar-refractivity contribution in [3.8, 4) is 11.5 Å². The molecule has 0 radical (unpaired) electrons. The van der Waals surface area contributed by atoms with Gasteiger partial charge in [0.25, 0.3) is 0 Å². The van der Waals surface area contributed by atoms with Crippen molar-refractivity contribution in [2.45, 2.75) is 0 Å². The number of anilines is 1. The number of nitrogens with one attached hydrogen (secondary N) is 2. The Morgan fingerprint density at radius 1 is 1.08 bits per heavy atom. The van der Waals surface area contributed by atoms with Crippen LogP contribution in [0.2, 0.25) is 5.02 Å². The molecule has 2 aromatic rings. The van der Waals surface area contributed by atoms with Gasteiger partial charge in [0.2, 0.25) is 0 Å². The molecule has 2 amide bonds. The zero-order chi connectivity index (χ0) is 18.2. The van der Waals surface area contributed by atoms with Crippen molar-refractivity contribution in [2.24, 2.45) is 5.10 Å². The largest absolute Gasteiger partial charge is 0.497 e. The molecule has 2 N–H and O–H groups in total. The van der Waals surface area contributed by atoms with Crippen LogP contribution in [0, 0.1) is 0 Å². The number of hydrogen-bond acceptors (Lipinski definition) is 5. The first kappa shape index (κ1) is 18.3. The second kappa shape index (κ2) is 8.70. The molecule has 0 atom stereocenters. The lowest BCUT2D eigenvalue weighted by molar-refractivity contribution is -0.136. The summed E-state index contributed by atoms with van der Waals surface area (Å²) < 4.78 is 10.2. The van der Waals surface area contributed by atoms with Crippen molar-refractivity contribution >= 4 is 35.3 Å². The van der Waals surface area contributed by atoms with E-state index in [9.17, 15) is 9.59 Å². The maximum Gasteiger partial charge on any atom is 0.329 e. The molecule has 130 valence electrons. The third kappa shape index (κ3) is 4.95. The topological polar surface area (TPSA) is 89.0 Å². The van der Waals surface area contributed by atoms with E-state index in [0.29, 0.717) is 27.8 Å². The van der Waals surface area contributed by atoms with Crippen LogP contribution in [-0.2, 0) is 9.59 Å². The van der Waals surface area contributed by atoms with Crippen LogP contribution in [0.15, 0.2) is 47.6 Å². The Balaban J connectivity index is 1.99. The lowest BCUT2D eigenvalue weighted by atomic mass is 10.2. The number of hydrogen-bond donors (Lipinski definition) is 2. The summed E-state index contributed by atoms with van der Waals surface area (Å²) in [6.07, 6.45) is 1.35. The summed E-state index contributed by atoms with van der Waals surface area (Å²) in [5.74, 6) is -0.898. The van der Waals surface area contributed by atoms with E-state index in [1.54, 1.807) is 42.5 Å². The van der Waals surface area contributed by atoms with E-state index in [-0.39, 0.29) is 0 Å². The van der Waals surface area contributed by atoms with Crippen LogP contribution in [0.25, 0.3) is 0 Å². The van der Waals surface area contributed by atoms with E-state index < -0.39 is 11.8 Å². The lowest BCUT2D eigenvalue weighted by Gasteiger charge is -2.10. The summed E-state index contributed by atoms with van der Waals surface area (Å²) in [6, 6.07) is 11.7. The summed E-state index contributed by atoms with van der Waals surface area (Å²) in [5, 5.41) is 6.63. The van der Waals surface area contributed by atoms with E-state index in [1.165, 1.54) is 20.4 Å². The number of amides is 2. The van der Waals surface area contributed by atoms with Gasteiger partial charge in [0.05, 0.1) is 26.1 Å². The van der Waals surface area contributed by atoms with Gasteiger partial charge in [-0.25, -0.2) is 5.43 Å². The number of carbonyl (C=O) groups is 2. The van der Waals surface area contributed by atoms with Gasteiger partial charge in [-0.15, -0.1) is 0 Å². The smallest absolute Gasteiger partial charge is 0.329 e. The maximum absolute atomic E-state index is 11.9. The van der Waals surface area contributed by atoms with E-state index in [2.05, 4.69) is 15.8 Å². The van der Waals surface area contributed by atoms with Gasteiger partial charge < -0.3 is 14.8 Å². The van der Waals surface area contributed by atoms with Crippen LogP contribution in [0.4, 0.5) is 5.69 Å². The number of halogens is 1. The van der Waals surface area contributed by atoms with Gasteiger partial charge in [-0.3, -0.25) is 9.59 Å². The standard InChI is InChI=1S/C17H16ClN3O4/c1-24-12-7-8-14(15(9-12)25-2)20-16(22)17(23)21-19-10-11-5-3-4-6-13(11)18/h3-10H,1-2H3,(H,20,22)(H,21,23). The highest BCUT2D eigenvalue weighted by Crippen LogP contribution is 2.28. The molecule has 8 heteroatoms. The molecule has 0 fully saturated rings. The summed E-state index contributed by atoms with van der Waals surface area (Å²) in [4.78, 5) is 23.7. The Morgan fingerprint density at radius 3 is 2.52 bits per heavy atom. The van der Waals surface area contributed by atoms with Crippen LogP contribution in [0.1, 0.15) is 5.56 Å². The molecule has 2 aromatic carbocycles. The zero-order valence-corrected chi connectivity index (χ0v) is 14.3. The fourth-order valence-electron chi connectivity index (χ4n) is 1.87. The molecule has 0 aliphatic rings. The van der Waals surface area contributed by atoms with Gasteiger partial charge in [-0.2, -0.15) is 5.10 Å². The Bertz CT molecular complexity index is 808. The molecule has 0 spiro atoms. The predicted molar refractivity (Wildman–Crippen MR) is 95.4 cm³/mol. The highest BCUT2D eigenvalue weighted by molar-refractivity contribution is 6.39. The molecule has 0 heterocycles. The van der Waals surface area contributed by atoms with Crippen LogP contribution in [0.5, 0.6) is 11.5 Å². The third-order valence-corrected chi connectivity index (χ3v) is 3.48. The molecular formula is C17H16ClN3O4. The number of rotatable bonds is 5. The number of nitrogens with zero attached hydrogens (tertiary/aromatic N) is 1. The first-order valence-corrected chi connectivity index (χ1v) is 7.54. The minimum absolute atomic E-state index is 0.332. The van der Waals surface area contributed by atoms with Crippen molar-refractivity contribution in [1.29, 1.82) is 0 Å². The summed E-state index contributed by atoms with van der Waals surface area (Å²) in [7, 11) is 2.95. The first-order chi connectivity index (χ1) is 12.0. The number of ether oxygens (including phenoxy) is 2. The van der Waals surface area contributed by atoms with E-state index in [0.717, 1.165) is 0 Å². The normalized spacial score (nSPS) is 10.4. The molecule has 0 bridgehead atoms. The third-order valence-electron chi connectivity index (χ3n) is 3.14. The molecule has 0 saturated heterocycles. The number of carbonyl (C=O) groups excluding carboxylic acids is 2.